The number of anilines is 3. The van der Waals surface area contributed by atoms with Gasteiger partial charge in [-0.05, 0) is 68.6 Å². The summed E-state index contributed by atoms with van der Waals surface area (Å²) < 4.78 is 6.78. The molecule has 0 aliphatic carbocycles. The molecule has 0 radical (unpaired) electrons. The molecule has 0 aliphatic heterocycles. The third-order valence-corrected chi connectivity index (χ3v) is 10.1. The topological polar surface area (TPSA) is 16.4 Å². The van der Waals surface area contributed by atoms with Gasteiger partial charge in [-0.25, -0.2) is 0 Å². The maximum Gasteiger partial charge on any atom is 0.145 e. The van der Waals surface area contributed by atoms with E-state index in [1.54, 1.807) is 0 Å². The predicted octanol–water partition coefficient (Wildman–Crippen LogP) is 13.8. The standard InChI is InChI=1S/C48H31NO/c1-3-14-32(15-4-1)36-28-30-44(40-21-10-9-20-38(36)40)49(43-24-13-23-39-35-19-8-7-18-34(35)26-27-41(39)43)45-31-29-37(33-16-5-2-6-17-33)48-47(45)42-22-11-12-25-46(42)50-48/h1-31H. The molecule has 0 bridgehead atoms. The van der Waals surface area contributed by atoms with Crippen molar-refractivity contribution in [1.82, 2.24) is 0 Å². The molecule has 0 amide bonds. The lowest BCUT2D eigenvalue weighted by Crippen LogP contribution is -2.12. The lowest BCUT2D eigenvalue weighted by atomic mass is 9.94. The van der Waals surface area contributed by atoms with Crippen molar-refractivity contribution in [2.75, 3.05) is 4.90 Å². The van der Waals surface area contributed by atoms with Crippen molar-refractivity contribution in [1.29, 1.82) is 0 Å². The van der Waals surface area contributed by atoms with E-state index in [1.165, 1.54) is 43.4 Å². The Balaban J connectivity index is 1.34. The molecule has 10 aromatic rings. The first-order chi connectivity index (χ1) is 24.8. The molecule has 1 heterocycles. The third-order valence-electron chi connectivity index (χ3n) is 10.1. The molecule has 50 heavy (non-hydrogen) atoms. The number of nitrogens with zero attached hydrogens (tertiary/aromatic N) is 1. The van der Waals surface area contributed by atoms with Gasteiger partial charge in [-0.3, -0.25) is 0 Å². The minimum Gasteiger partial charge on any atom is -0.455 e. The van der Waals surface area contributed by atoms with Crippen LogP contribution in [0.2, 0.25) is 0 Å². The first kappa shape index (κ1) is 28.4. The lowest BCUT2D eigenvalue weighted by molar-refractivity contribution is 0.670. The van der Waals surface area contributed by atoms with Crippen molar-refractivity contribution in [3.8, 4) is 22.3 Å². The second kappa shape index (κ2) is 11.5. The molecular weight excluding hydrogens is 607 g/mol. The van der Waals surface area contributed by atoms with E-state index in [-0.39, 0.29) is 0 Å². The first-order valence-corrected chi connectivity index (χ1v) is 17.1. The van der Waals surface area contributed by atoms with E-state index in [0.717, 1.165) is 50.1 Å². The molecule has 0 saturated carbocycles. The molecule has 0 fully saturated rings. The average Bonchev–Trinajstić information content (AvgIpc) is 3.59. The van der Waals surface area contributed by atoms with E-state index in [2.05, 4.69) is 193 Å². The average molecular weight is 638 g/mol. The molecule has 0 spiro atoms. The highest BCUT2D eigenvalue weighted by Gasteiger charge is 2.25. The number of para-hydroxylation sites is 1. The largest absolute Gasteiger partial charge is 0.455 e. The van der Waals surface area contributed by atoms with E-state index >= 15 is 0 Å². The molecule has 2 heteroatoms. The molecule has 0 atom stereocenters. The summed E-state index contributed by atoms with van der Waals surface area (Å²) in [6, 6.07) is 67.4. The number of rotatable bonds is 5. The second-order valence-electron chi connectivity index (χ2n) is 12.8. The van der Waals surface area contributed by atoms with Crippen LogP contribution in [0, 0.1) is 0 Å². The van der Waals surface area contributed by atoms with Gasteiger partial charge < -0.3 is 9.32 Å². The zero-order chi connectivity index (χ0) is 33.0. The summed E-state index contributed by atoms with van der Waals surface area (Å²) in [4.78, 5) is 2.47. The van der Waals surface area contributed by atoms with Gasteiger partial charge in [0.15, 0.2) is 0 Å². The Morgan fingerprint density at radius 2 is 0.880 bits per heavy atom. The van der Waals surface area contributed by atoms with Crippen LogP contribution in [0.25, 0.3) is 76.5 Å². The van der Waals surface area contributed by atoms with E-state index < -0.39 is 0 Å². The molecule has 9 aromatic carbocycles. The Kier molecular flexibility index (Phi) is 6.53. The van der Waals surface area contributed by atoms with Gasteiger partial charge in [0.05, 0.1) is 22.4 Å². The summed E-state index contributed by atoms with van der Waals surface area (Å²) in [5.74, 6) is 0. The van der Waals surface area contributed by atoms with Gasteiger partial charge >= 0.3 is 0 Å². The monoisotopic (exact) mass is 637 g/mol. The SMILES string of the molecule is c1ccc(-c2ccc(N(c3cccc4c3ccc3ccccc34)c3ccc(-c4ccccc4)c4oc5ccccc5c34)c3ccccc23)cc1. The van der Waals surface area contributed by atoms with Crippen molar-refractivity contribution in [3.63, 3.8) is 0 Å². The van der Waals surface area contributed by atoms with Crippen molar-refractivity contribution in [3.05, 3.63) is 188 Å². The van der Waals surface area contributed by atoms with Gasteiger partial charge in [-0.15, -0.1) is 0 Å². The van der Waals surface area contributed by atoms with Gasteiger partial charge in [0.25, 0.3) is 0 Å². The van der Waals surface area contributed by atoms with Crippen LogP contribution in [0.15, 0.2) is 192 Å². The third kappa shape index (κ3) is 4.43. The molecule has 0 aliphatic rings. The summed E-state index contributed by atoms with van der Waals surface area (Å²) in [6.45, 7) is 0. The molecule has 0 unspecified atom stereocenters. The van der Waals surface area contributed by atoms with Crippen molar-refractivity contribution < 1.29 is 4.42 Å². The molecular formula is C48H31NO. The van der Waals surface area contributed by atoms with Crippen LogP contribution in [0.5, 0.6) is 0 Å². The van der Waals surface area contributed by atoms with Gasteiger partial charge in [0.2, 0.25) is 0 Å². The van der Waals surface area contributed by atoms with E-state index in [1.807, 2.05) is 0 Å². The van der Waals surface area contributed by atoms with Crippen LogP contribution in [0.3, 0.4) is 0 Å². The minimum absolute atomic E-state index is 0.875. The van der Waals surface area contributed by atoms with E-state index in [0.29, 0.717) is 0 Å². The molecule has 234 valence electrons. The Morgan fingerprint density at radius 3 is 1.68 bits per heavy atom. The van der Waals surface area contributed by atoms with Crippen LogP contribution < -0.4 is 4.90 Å². The highest BCUT2D eigenvalue weighted by Crippen LogP contribution is 2.50. The van der Waals surface area contributed by atoms with Crippen LogP contribution in [-0.2, 0) is 0 Å². The van der Waals surface area contributed by atoms with Crippen molar-refractivity contribution in [2.45, 2.75) is 0 Å². The number of furan rings is 1. The van der Waals surface area contributed by atoms with Crippen molar-refractivity contribution >= 4 is 71.3 Å². The summed E-state index contributed by atoms with van der Waals surface area (Å²) >= 11 is 0. The first-order valence-electron chi connectivity index (χ1n) is 17.1. The summed E-state index contributed by atoms with van der Waals surface area (Å²) in [5.41, 5.74) is 9.68. The maximum atomic E-state index is 6.78. The van der Waals surface area contributed by atoms with Gasteiger partial charge in [-0.2, -0.15) is 0 Å². The number of benzene rings is 9. The number of fused-ring (bicyclic) bond motifs is 7. The molecule has 1 aromatic heterocycles. The zero-order valence-electron chi connectivity index (χ0n) is 27.3. The summed E-state index contributed by atoms with van der Waals surface area (Å²) in [5, 5.41) is 9.47. The van der Waals surface area contributed by atoms with Crippen LogP contribution in [-0.4, -0.2) is 0 Å². The highest BCUT2D eigenvalue weighted by atomic mass is 16.3. The Bertz CT molecular complexity index is 2870. The fraction of sp³-hybridized carbons (Fsp3) is 0. The van der Waals surface area contributed by atoms with Crippen molar-refractivity contribution in [2.24, 2.45) is 0 Å². The Morgan fingerprint density at radius 1 is 0.320 bits per heavy atom. The lowest BCUT2D eigenvalue weighted by Gasteiger charge is -2.29. The van der Waals surface area contributed by atoms with Gasteiger partial charge in [0, 0.05) is 21.7 Å². The summed E-state index contributed by atoms with van der Waals surface area (Å²) in [6.07, 6.45) is 0. The molecule has 0 N–H and O–H groups in total. The fourth-order valence-corrected chi connectivity index (χ4v) is 7.80. The van der Waals surface area contributed by atoms with E-state index in [4.69, 9.17) is 4.42 Å². The normalized spacial score (nSPS) is 11.6. The van der Waals surface area contributed by atoms with Crippen LogP contribution in [0.4, 0.5) is 17.1 Å². The minimum atomic E-state index is 0.875. The van der Waals surface area contributed by atoms with Gasteiger partial charge in [-0.1, -0.05) is 158 Å². The number of hydrogen-bond donors (Lipinski definition) is 0. The molecule has 10 rings (SSSR count). The van der Waals surface area contributed by atoms with E-state index in [9.17, 15) is 0 Å². The van der Waals surface area contributed by atoms with Gasteiger partial charge in [0.1, 0.15) is 11.2 Å². The van der Waals surface area contributed by atoms with Crippen LogP contribution in [0.1, 0.15) is 0 Å². The fourth-order valence-electron chi connectivity index (χ4n) is 7.80. The Hall–Kier alpha value is -6.64. The highest BCUT2D eigenvalue weighted by molar-refractivity contribution is 6.21. The second-order valence-corrected chi connectivity index (χ2v) is 12.8. The quantitative estimate of drug-likeness (QED) is 0.175. The smallest absolute Gasteiger partial charge is 0.145 e. The predicted molar refractivity (Wildman–Crippen MR) is 212 cm³/mol. The molecule has 0 saturated heterocycles. The maximum absolute atomic E-state index is 6.78. The Labute approximate surface area is 290 Å². The summed E-state index contributed by atoms with van der Waals surface area (Å²) in [7, 11) is 0. The zero-order valence-corrected chi connectivity index (χ0v) is 27.3. The molecule has 2 nitrogen and oxygen atoms in total. The number of hydrogen-bond acceptors (Lipinski definition) is 2. The van der Waals surface area contributed by atoms with Crippen LogP contribution >= 0.6 is 0 Å².